The standard InChI is InChI=1S/C13H18N5O7PS/c1-13(2)24-7-5(3-22-26(20,21)27)23-11(8(7)25-13)18-4-15-6-9(18)16-12(14)17-10(6)19/h4-5,7-8,11H,3H2,1-2H3,(H2,20,21,27)(H3,14,16,17,19)/t5-,7-,8-,11?/m1/s1. The summed E-state index contributed by atoms with van der Waals surface area (Å²) in [5, 5.41) is 0. The van der Waals surface area contributed by atoms with Gasteiger partial charge >= 0.3 is 6.72 Å². The van der Waals surface area contributed by atoms with Gasteiger partial charge in [0.1, 0.15) is 18.3 Å². The lowest BCUT2D eigenvalue weighted by Gasteiger charge is -2.25. The summed E-state index contributed by atoms with van der Waals surface area (Å²) in [6.07, 6.45) is -1.19. The van der Waals surface area contributed by atoms with Crippen LogP contribution in [-0.2, 0) is 30.5 Å². The molecule has 2 saturated heterocycles. The zero-order valence-corrected chi connectivity index (χ0v) is 16.0. The zero-order chi connectivity index (χ0) is 19.6. The molecule has 2 aromatic rings. The molecule has 0 amide bonds. The number of H-pyrrole nitrogens is 1. The van der Waals surface area contributed by atoms with E-state index in [1.807, 2.05) is 0 Å². The van der Waals surface area contributed by atoms with E-state index in [-0.39, 0.29) is 23.7 Å². The Bertz CT molecular complexity index is 987. The van der Waals surface area contributed by atoms with E-state index in [1.165, 1.54) is 10.9 Å². The van der Waals surface area contributed by atoms with Crippen LogP contribution in [0.5, 0.6) is 0 Å². The second-order valence-corrected chi connectivity index (χ2v) is 9.36. The van der Waals surface area contributed by atoms with Gasteiger partial charge < -0.3 is 34.3 Å². The molecule has 4 rings (SSSR count). The molecule has 14 heteroatoms. The lowest BCUT2D eigenvalue weighted by atomic mass is 10.1. The number of aromatic amines is 1. The fourth-order valence-corrected chi connectivity index (χ4v) is 3.84. The molecule has 12 nitrogen and oxygen atoms in total. The topological polar surface area (TPSA) is 167 Å². The number of ether oxygens (including phenoxy) is 3. The molecule has 2 aliphatic heterocycles. The number of hydrogen-bond donors (Lipinski definition) is 4. The Hall–Kier alpha value is -1.44. The average molecular weight is 419 g/mol. The van der Waals surface area contributed by atoms with E-state index in [1.54, 1.807) is 13.8 Å². The zero-order valence-electron chi connectivity index (χ0n) is 14.3. The monoisotopic (exact) mass is 419 g/mol. The molecular formula is C13H18N5O7PS. The van der Waals surface area contributed by atoms with Gasteiger partial charge in [0.25, 0.3) is 5.56 Å². The summed E-state index contributed by atoms with van der Waals surface area (Å²) < 4.78 is 24.2. The molecule has 148 valence electrons. The van der Waals surface area contributed by atoms with Crippen molar-refractivity contribution in [2.24, 2.45) is 0 Å². The molecule has 0 aromatic carbocycles. The molecule has 2 fully saturated rings. The lowest BCUT2D eigenvalue weighted by Crippen LogP contribution is -2.32. The van der Waals surface area contributed by atoms with Gasteiger partial charge in [0.2, 0.25) is 5.95 Å². The van der Waals surface area contributed by atoms with E-state index < -0.39 is 42.6 Å². The third kappa shape index (κ3) is 3.52. The Morgan fingerprint density at radius 3 is 2.85 bits per heavy atom. The van der Waals surface area contributed by atoms with Gasteiger partial charge in [0.05, 0.1) is 12.9 Å². The van der Waals surface area contributed by atoms with Crippen LogP contribution in [0.25, 0.3) is 11.2 Å². The van der Waals surface area contributed by atoms with Crippen molar-refractivity contribution < 1.29 is 28.5 Å². The minimum absolute atomic E-state index is 0.0612. The van der Waals surface area contributed by atoms with Crippen LogP contribution in [0.4, 0.5) is 5.95 Å². The Morgan fingerprint density at radius 1 is 1.44 bits per heavy atom. The molecule has 0 spiro atoms. The maximum atomic E-state index is 12.0. The van der Waals surface area contributed by atoms with Crippen molar-refractivity contribution in [3.05, 3.63) is 16.7 Å². The first-order valence-electron chi connectivity index (χ1n) is 7.97. The number of nitrogen functional groups attached to an aromatic ring is 1. The molecule has 0 bridgehead atoms. The van der Waals surface area contributed by atoms with E-state index in [4.69, 9.17) is 24.5 Å². The van der Waals surface area contributed by atoms with Crippen LogP contribution in [0.15, 0.2) is 11.1 Å². The Labute approximate surface area is 157 Å². The van der Waals surface area contributed by atoms with Crippen molar-refractivity contribution in [1.82, 2.24) is 19.5 Å². The maximum absolute atomic E-state index is 12.0. The van der Waals surface area contributed by atoms with Gasteiger partial charge in [0, 0.05) is 0 Å². The quantitative estimate of drug-likeness (QED) is 0.465. The molecule has 0 radical (unpaired) electrons. The van der Waals surface area contributed by atoms with Crippen molar-refractivity contribution in [2.45, 2.75) is 44.2 Å². The van der Waals surface area contributed by atoms with Crippen LogP contribution in [0, 0.1) is 0 Å². The number of nitrogens with one attached hydrogen (secondary N) is 1. The molecule has 0 saturated carbocycles. The van der Waals surface area contributed by atoms with Gasteiger partial charge in [-0.25, -0.2) is 4.98 Å². The van der Waals surface area contributed by atoms with Crippen molar-refractivity contribution in [3.63, 3.8) is 0 Å². The second-order valence-electron chi connectivity index (χ2n) is 6.69. The van der Waals surface area contributed by atoms with Gasteiger partial charge in [0.15, 0.2) is 23.2 Å². The molecule has 27 heavy (non-hydrogen) atoms. The SMILES string of the molecule is CC1(C)O[C@@H]2[C@@H](COP(O)(O)=S)OC(n3cnc4c(=O)[nH]c(N)nc43)[C@@H]2O1. The highest BCUT2D eigenvalue weighted by Crippen LogP contribution is 2.45. The minimum Gasteiger partial charge on any atom is -0.369 e. The maximum Gasteiger partial charge on any atom is 0.321 e. The Balaban J connectivity index is 1.70. The van der Waals surface area contributed by atoms with Crippen molar-refractivity contribution in [3.8, 4) is 0 Å². The van der Waals surface area contributed by atoms with E-state index >= 15 is 0 Å². The van der Waals surface area contributed by atoms with Gasteiger partial charge in [-0.1, -0.05) is 0 Å². The number of nitrogens with zero attached hydrogens (tertiary/aromatic N) is 3. The number of hydrogen-bond acceptors (Lipinski definition) is 9. The van der Waals surface area contributed by atoms with E-state index in [0.29, 0.717) is 0 Å². The highest BCUT2D eigenvalue weighted by molar-refractivity contribution is 8.06. The van der Waals surface area contributed by atoms with Crippen LogP contribution in [0.2, 0.25) is 0 Å². The van der Waals surface area contributed by atoms with Crippen LogP contribution in [0.1, 0.15) is 20.1 Å². The first-order chi connectivity index (χ1) is 12.5. The van der Waals surface area contributed by atoms with Gasteiger partial charge in [-0.15, -0.1) is 0 Å². The van der Waals surface area contributed by atoms with Crippen LogP contribution < -0.4 is 11.3 Å². The van der Waals surface area contributed by atoms with Crippen LogP contribution >= 0.6 is 6.72 Å². The smallest absolute Gasteiger partial charge is 0.321 e. The van der Waals surface area contributed by atoms with Crippen molar-refractivity contribution in [1.29, 1.82) is 0 Å². The molecular weight excluding hydrogens is 401 g/mol. The molecule has 5 N–H and O–H groups in total. The number of anilines is 1. The number of fused-ring (bicyclic) bond motifs is 2. The molecule has 1 unspecified atom stereocenters. The highest BCUT2D eigenvalue weighted by Gasteiger charge is 2.56. The van der Waals surface area contributed by atoms with E-state index in [0.717, 1.165) is 0 Å². The predicted octanol–water partition coefficient (Wildman–Crippen LogP) is -0.655. The van der Waals surface area contributed by atoms with Crippen molar-refractivity contribution >= 4 is 35.6 Å². The summed E-state index contributed by atoms with van der Waals surface area (Å²) in [5.74, 6) is -0.956. The Morgan fingerprint density at radius 2 is 2.15 bits per heavy atom. The summed E-state index contributed by atoms with van der Waals surface area (Å²) >= 11 is 4.48. The number of imidazole rings is 1. The highest BCUT2D eigenvalue weighted by atomic mass is 32.5. The fourth-order valence-electron chi connectivity index (χ4n) is 3.32. The molecule has 4 atom stereocenters. The molecule has 0 aliphatic carbocycles. The normalized spacial score (nSPS) is 30.1. The second kappa shape index (κ2) is 6.29. The number of nitrogens with two attached hydrogens (primary N) is 1. The molecule has 4 heterocycles. The number of rotatable bonds is 4. The fraction of sp³-hybridized carbons (Fsp3) is 0.615. The molecule has 2 aromatic heterocycles. The predicted molar refractivity (Wildman–Crippen MR) is 95.0 cm³/mol. The third-order valence-corrected chi connectivity index (χ3v) is 5.06. The Kier molecular flexibility index (Phi) is 4.40. The van der Waals surface area contributed by atoms with Crippen LogP contribution in [0.3, 0.4) is 0 Å². The summed E-state index contributed by atoms with van der Waals surface area (Å²) in [6.45, 7) is -0.568. The number of aromatic nitrogens is 4. The van der Waals surface area contributed by atoms with E-state index in [2.05, 4.69) is 26.8 Å². The summed E-state index contributed by atoms with van der Waals surface area (Å²) in [6, 6.07) is 0. The van der Waals surface area contributed by atoms with Gasteiger partial charge in [-0.3, -0.25) is 14.3 Å². The average Bonchev–Trinajstić information content (AvgIpc) is 3.15. The van der Waals surface area contributed by atoms with Crippen LogP contribution in [-0.4, -0.2) is 60.0 Å². The minimum atomic E-state index is -3.86. The molecule has 2 aliphatic rings. The third-order valence-electron chi connectivity index (χ3n) is 4.26. The van der Waals surface area contributed by atoms with E-state index in [9.17, 15) is 14.6 Å². The summed E-state index contributed by atoms with van der Waals surface area (Å²) in [4.78, 5) is 41.2. The van der Waals surface area contributed by atoms with Gasteiger partial charge in [-0.2, -0.15) is 4.98 Å². The summed E-state index contributed by atoms with van der Waals surface area (Å²) in [5.41, 5.74) is 5.49. The first-order valence-corrected chi connectivity index (χ1v) is 10.6. The first kappa shape index (κ1) is 18.9. The largest absolute Gasteiger partial charge is 0.369 e. The summed E-state index contributed by atoms with van der Waals surface area (Å²) in [7, 11) is 0. The van der Waals surface area contributed by atoms with Crippen molar-refractivity contribution in [2.75, 3.05) is 12.3 Å². The lowest BCUT2D eigenvalue weighted by molar-refractivity contribution is -0.199. The van der Waals surface area contributed by atoms with Gasteiger partial charge in [-0.05, 0) is 25.7 Å².